The number of rotatable bonds is 9. The standard InChI is InChI=1S/C22H36IN4O3S/c1-3-12-31(28,29)27-10-4-18(5-11-27)15-30-16-20-21(23-20)19-6-8-26(9-7-19)22-24-13-17(2)14-25-22/h13-14,18-21H,3-12,15-16H2,1-2H3/q-1/t20-,21+/m0/s1. The van der Waals surface area contributed by atoms with Crippen LogP contribution in [0.25, 0.3) is 0 Å². The predicted octanol–water partition coefficient (Wildman–Crippen LogP) is -0.690. The minimum absolute atomic E-state index is 0.276. The molecule has 9 heteroatoms. The maximum atomic E-state index is 12.2. The fourth-order valence-electron chi connectivity index (χ4n) is 4.73. The molecular formula is C22H36IN4O3S-. The molecule has 1 aromatic rings. The van der Waals surface area contributed by atoms with Crippen LogP contribution < -0.4 is 26.1 Å². The van der Waals surface area contributed by atoms with E-state index in [2.05, 4.69) is 14.9 Å². The van der Waals surface area contributed by atoms with E-state index in [0.29, 0.717) is 25.4 Å². The maximum absolute atomic E-state index is 12.2. The van der Waals surface area contributed by atoms with E-state index in [1.165, 1.54) is 12.8 Å². The van der Waals surface area contributed by atoms with Crippen molar-refractivity contribution < 1.29 is 34.4 Å². The average Bonchev–Trinajstić information content (AvgIpc) is 3.54. The second-order valence-corrected chi connectivity index (χ2v) is 15.0. The van der Waals surface area contributed by atoms with Crippen LogP contribution in [-0.2, 0) is 14.8 Å². The summed E-state index contributed by atoms with van der Waals surface area (Å²) in [7, 11) is -3.04. The van der Waals surface area contributed by atoms with Crippen molar-refractivity contribution in [2.75, 3.05) is 50.0 Å². The van der Waals surface area contributed by atoms with Crippen molar-refractivity contribution in [1.82, 2.24) is 14.3 Å². The van der Waals surface area contributed by atoms with Gasteiger partial charge in [0.2, 0.25) is 0 Å². The van der Waals surface area contributed by atoms with E-state index in [1.54, 1.807) is 4.31 Å². The summed E-state index contributed by atoms with van der Waals surface area (Å²) in [5, 5.41) is 0. The zero-order chi connectivity index (χ0) is 21.8. The number of nitrogens with zero attached hydrogens (tertiary/aromatic N) is 4. The number of piperidine rings is 2. The Kier molecular flexibility index (Phi) is 8.09. The second-order valence-electron chi connectivity index (χ2n) is 9.17. The first kappa shape index (κ1) is 23.6. The molecule has 0 unspecified atom stereocenters. The Balaban J connectivity index is 1.11. The molecule has 2 atom stereocenters. The van der Waals surface area contributed by atoms with Crippen LogP contribution >= 0.6 is 0 Å². The molecule has 31 heavy (non-hydrogen) atoms. The van der Waals surface area contributed by atoms with E-state index < -0.39 is 10.0 Å². The Hall–Kier alpha value is -0.520. The van der Waals surface area contributed by atoms with Crippen molar-refractivity contribution in [3.8, 4) is 0 Å². The molecule has 3 fully saturated rings. The monoisotopic (exact) mass is 563 g/mol. The predicted molar refractivity (Wildman–Crippen MR) is 118 cm³/mol. The molecule has 0 bridgehead atoms. The number of alkyl halides is 2. The van der Waals surface area contributed by atoms with E-state index in [9.17, 15) is 8.42 Å². The van der Waals surface area contributed by atoms with E-state index in [0.717, 1.165) is 64.4 Å². The van der Waals surface area contributed by atoms with E-state index >= 15 is 0 Å². The van der Waals surface area contributed by atoms with Crippen molar-refractivity contribution in [2.24, 2.45) is 11.8 Å². The third-order valence-electron chi connectivity index (χ3n) is 6.69. The number of hydrogen-bond donors (Lipinski definition) is 0. The van der Waals surface area contributed by atoms with E-state index in [-0.39, 0.29) is 27.0 Å². The van der Waals surface area contributed by atoms with Crippen LogP contribution in [0.15, 0.2) is 12.4 Å². The third-order valence-corrected chi connectivity index (χ3v) is 12.7. The topological polar surface area (TPSA) is 75.6 Å². The first-order valence-electron chi connectivity index (χ1n) is 11.7. The number of halogens is 1. The van der Waals surface area contributed by atoms with Gasteiger partial charge in [0, 0.05) is 0 Å². The summed E-state index contributed by atoms with van der Waals surface area (Å²) in [5.74, 6) is 2.53. The summed E-state index contributed by atoms with van der Waals surface area (Å²) in [4.78, 5) is 11.3. The molecule has 0 radical (unpaired) electrons. The molecule has 3 aliphatic rings. The molecule has 3 saturated heterocycles. The summed E-state index contributed by atoms with van der Waals surface area (Å²) in [5.41, 5.74) is 1.11. The SMILES string of the molecule is CCCS(=O)(=O)N1CCC(COC[C@@H]2[I-][C@@H]2C2CCN(c3ncc(C)cn3)CC2)CC1. The van der Waals surface area contributed by atoms with Gasteiger partial charge in [-0.2, -0.15) is 0 Å². The first-order valence-corrected chi connectivity index (χ1v) is 15.8. The number of ether oxygens (including phenoxy) is 1. The molecule has 0 aromatic carbocycles. The Morgan fingerprint density at radius 3 is 2.39 bits per heavy atom. The van der Waals surface area contributed by atoms with Crippen molar-refractivity contribution in [1.29, 1.82) is 0 Å². The molecule has 3 aliphatic heterocycles. The summed E-state index contributed by atoms with van der Waals surface area (Å²) in [6.45, 7) is 9.15. The van der Waals surface area contributed by atoms with E-state index in [4.69, 9.17) is 4.74 Å². The molecule has 0 saturated carbocycles. The molecule has 0 spiro atoms. The third kappa shape index (κ3) is 6.29. The summed E-state index contributed by atoms with van der Waals surface area (Å²) >= 11 is 0.288. The van der Waals surface area contributed by atoms with Gasteiger partial charge in [0.25, 0.3) is 0 Å². The zero-order valence-electron chi connectivity index (χ0n) is 18.7. The Morgan fingerprint density at radius 2 is 1.74 bits per heavy atom. The van der Waals surface area contributed by atoms with E-state index in [1.807, 2.05) is 26.2 Å². The summed E-state index contributed by atoms with van der Waals surface area (Å²) < 4.78 is 33.9. The molecule has 4 rings (SSSR count). The van der Waals surface area contributed by atoms with Gasteiger partial charge in [0.05, 0.1) is 0 Å². The summed E-state index contributed by atoms with van der Waals surface area (Å²) in [6, 6.07) is 0. The molecule has 0 aliphatic carbocycles. The Labute approximate surface area is 197 Å². The molecule has 7 nitrogen and oxygen atoms in total. The van der Waals surface area contributed by atoms with Gasteiger partial charge in [-0.05, 0) is 0 Å². The van der Waals surface area contributed by atoms with Crippen LogP contribution in [0.4, 0.5) is 5.95 Å². The van der Waals surface area contributed by atoms with Gasteiger partial charge < -0.3 is 0 Å². The Bertz CT molecular complexity index is 807. The van der Waals surface area contributed by atoms with Crippen LogP contribution in [0.5, 0.6) is 0 Å². The van der Waals surface area contributed by atoms with Crippen LogP contribution in [0.1, 0.15) is 44.6 Å². The number of aryl methyl sites for hydroxylation is 1. The van der Waals surface area contributed by atoms with Crippen LogP contribution in [0.3, 0.4) is 0 Å². The fourth-order valence-corrected chi connectivity index (χ4v) is 9.66. The van der Waals surface area contributed by atoms with Crippen molar-refractivity contribution >= 4 is 16.0 Å². The van der Waals surface area contributed by atoms with Gasteiger partial charge in [-0.15, -0.1) is 0 Å². The first-order chi connectivity index (χ1) is 15.0. The fraction of sp³-hybridized carbons (Fsp3) is 0.818. The Morgan fingerprint density at radius 1 is 1.06 bits per heavy atom. The number of sulfonamides is 1. The van der Waals surface area contributed by atoms with Crippen molar-refractivity contribution in [2.45, 2.75) is 53.8 Å². The number of hydrogen-bond acceptors (Lipinski definition) is 6. The van der Waals surface area contributed by atoms with Crippen molar-refractivity contribution in [3.05, 3.63) is 18.0 Å². The molecule has 4 heterocycles. The van der Waals surface area contributed by atoms with Crippen molar-refractivity contribution in [3.63, 3.8) is 0 Å². The van der Waals surface area contributed by atoms with Crippen LogP contribution in [0, 0.1) is 18.8 Å². The van der Waals surface area contributed by atoms with Gasteiger partial charge in [0.15, 0.2) is 0 Å². The number of anilines is 1. The van der Waals surface area contributed by atoms with Crippen LogP contribution in [0.2, 0.25) is 0 Å². The minimum atomic E-state index is -3.04. The summed E-state index contributed by atoms with van der Waals surface area (Å²) in [6.07, 6.45) is 8.88. The van der Waals surface area contributed by atoms with Crippen LogP contribution in [-0.4, -0.2) is 75.7 Å². The normalized spacial score (nSPS) is 26.6. The zero-order valence-corrected chi connectivity index (χ0v) is 21.7. The van der Waals surface area contributed by atoms with Gasteiger partial charge in [-0.3, -0.25) is 0 Å². The molecular weight excluding hydrogens is 527 g/mol. The van der Waals surface area contributed by atoms with Gasteiger partial charge in [0.1, 0.15) is 0 Å². The quantitative estimate of drug-likeness (QED) is 0.293. The molecule has 0 amide bonds. The van der Waals surface area contributed by atoms with Gasteiger partial charge in [-0.25, -0.2) is 0 Å². The average molecular weight is 564 g/mol. The van der Waals surface area contributed by atoms with Gasteiger partial charge >= 0.3 is 198 Å². The molecule has 1 aromatic heterocycles. The molecule has 176 valence electrons. The van der Waals surface area contributed by atoms with Gasteiger partial charge in [-0.1, -0.05) is 0 Å². The second kappa shape index (κ2) is 10.6. The number of aromatic nitrogens is 2. The molecule has 0 N–H and O–H groups in total.